The van der Waals surface area contributed by atoms with E-state index in [9.17, 15) is 9.90 Å². The molecule has 2 saturated heterocycles. The number of carboxylic acids is 1. The Bertz CT molecular complexity index is 243. The van der Waals surface area contributed by atoms with Gasteiger partial charge in [-0.25, -0.2) is 0 Å². The first-order chi connectivity index (χ1) is 7.73. The monoisotopic (exact) mass is 227 g/mol. The molecule has 0 aromatic rings. The van der Waals surface area contributed by atoms with Crippen LogP contribution in [0.3, 0.4) is 0 Å². The standard InChI is InChI=1S/C12H21NO3/c14-11(15)12(4-8-16-9-5-12)10-13-6-2-1-3-7-13/h1-10H2,(H,14,15). The van der Waals surface area contributed by atoms with Crippen LogP contribution in [0.4, 0.5) is 0 Å². The van der Waals surface area contributed by atoms with E-state index in [2.05, 4.69) is 4.90 Å². The third-order valence-electron chi connectivity index (χ3n) is 3.88. The van der Waals surface area contributed by atoms with Gasteiger partial charge in [-0.15, -0.1) is 0 Å². The van der Waals surface area contributed by atoms with E-state index in [1.165, 1.54) is 19.3 Å². The van der Waals surface area contributed by atoms with Crippen LogP contribution in [0.2, 0.25) is 0 Å². The molecule has 0 unspecified atom stereocenters. The van der Waals surface area contributed by atoms with Crippen molar-refractivity contribution in [3.8, 4) is 0 Å². The first kappa shape index (κ1) is 11.9. The topological polar surface area (TPSA) is 49.8 Å². The second-order valence-electron chi connectivity index (χ2n) is 5.03. The van der Waals surface area contributed by atoms with Crippen molar-refractivity contribution in [3.63, 3.8) is 0 Å². The third-order valence-corrected chi connectivity index (χ3v) is 3.88. The second-order valence-corrected chi connectivity index (χ2v) is 5.03. The number of carbonyl (C=O) groups is 1. The average molecular weight is 227 g/mol. The third kappa shape index (κ3) is 2.55. The number of aliphatic carboxylic acids is 1. The molecule has 0 aromatic carbocycles. The molecule has 4 nitrogen and oxygen atoms in total. The van der Waals surface area contributed by atoms with Crippen molar-refractivity contribution in [1.29, 1.82) is 0 Å². The summed E-state index contributed by atoms with van der Waals surface area (Å²) in [6.45, 7) is 4.04. The first-order valence-corrected chi connectivity index (χ1v) is 6.26. The van der Waals surface area contributed by atoms with Crippen LogP contribution in [0, 0.1) is 5.41 Å². The maximum Gasteiger partial charge on any atom is 0.311 e. The van der Waals surface area contributed by atoms with Crippen molar-refractivity contribution in [3.05, 3.63) is 0 Å². The Morgan fingerprint density at radius 1 is 1.19 bits per heavy atom. The fourth-order valence-corrected chi connectivity index (χ4v) is 2.75. The van der Waals surface area contributed by atoms with E-state index >= 15 is 0 Å². The summed E-state index contributed by atoms with van der Waals surface area (Å²) in [5.41, 5.74) is -0.546. The zero-order valence-electron chi connectivity index (χ0n) is 9.78. The summed E-state index contributed by atoms with van der Waals surface area (Å²) in [7, 11) is 0. The Morgan fingerprint density at radius 2 is 1.81 bits per heavy atom. The van der Waals surface area contributed by atoms with Gasteiger partial charge in [-0.2, -0.15) is 0 Å². The highest BCUT2D eigenvalue weighted by atomic mass is 16.5. The van der Waals surface area contributed by atoms with E-state index in [4.69, 9.17) is 4.74 Å². The van der Waals surface area contributed by atoms with Crippen molar-refractivity contribution in [2.75, 3.05) is 32.8 Å². The number of likely N-dealkylation sites (tertiary alicyclic amines) is 1. The van der Waals surface area contributed by atoms with Crippen LogP contribution in [-0.4, -0.2) is 48.8 Å². The molecule has 0 aliphatic carbocycles. The predicted molar refractivity (Wildman–Crippen MR) is 60.4 cm³/mol. The molecular weight excluding hydrogens is 206 g/mol. The summed E-state index contributed by atoms with van der Waals surface area (Å²) in [5.74, 6) is -0.638. The second kappa shape index (κ2) is 5.15. The quantitative estimate of drug-likeness (QED) is 0.790. The normalized spacial score (nSPS) is 26.5. The Balaban J connectivity index is 1.98. The molecule has 0 bridgehead atoms. The van der Waals surface area contributed by atoms with E-state index in [-0.39, 0.29) is 0 Å². The van der Waals surface area contributed by atoms with E-state index < -0.39 is 11.4 Å². The van der Waals surface area contributed by atoms with Crippen LogP contribution in [0.25, 0.3) is 0 Å². The number of hydrogen-bond acceptors (Lipinski definition) is 3. The molecule has 0 atom stereocenters. The van der Waals surface area contributed by atoms with Gasteiger partial charge < -0.3 is 14.7 Å². The molecule has 0 radical (unpaired) electrons. The molecular formula is C12H21NO3. The average Bonchev–Trinajstić information content (AvgIpc) is 2.31. The van der Waals surface area contributed by atoms with Crippen molar-refractivity contribution in [2.45, 2.75) is 32.1 Å². The molecule has 16 heavy (non-hydrogen) atoms. The maximum atomic E-state index is 11.5. The first-order valence-electron chi connectivity index (χ1n) is 6.26. The molecule has 2 rings (SSSR count). The lowest BCUT2D eigenvalue weighted by Crippen LogP contribution is -2.47. The number of rotatable bonds is 3. The summed E-state index contributed by atoms with van der Waals surface area (Å²) in [6.07, 6.45) is 5.05. The Kier molecular flexibility index (Phi) is 3.82. The summed E-state index contributed by atoms with van der Waals surface area (Å²) >= 11 is 0. The van der Waals surface area contributed by atoms with Gasteiger partial charge in [-0.1, -0.05) is 6.42 Å². The van der Waals surface area contributed by atoms with Gasteiger partial charge in [0.15, 0.2) is 0 Å². The van der Waals surface area contributed by atoms with Crippen LogP contribution < -0.4 is 0 Å². The van der Waals surface area contributed by atoms with Crippen LogP contribution in [0.5, 0.6) is 0 Å². The molecule has 0 aromatic heterocycles. The van der Waals surface area contributed by atoms with Gasteiger partial charge in [-0.3, -0.25) is 4.79 Å². The van der Waals surface area contributed by atoms with Crippen molar-refractivity contribution >= 4 is 5.97 Å². The highest BCUT2D eigenvalue weighted by Crippen LogP contribution is 2.32. The highest BCUT2D eigenvalue weighted by molar-refractivity contribution is 5.75. The lowest BCUT2D eigenvalue weighted by Gasteiger charge is -2.38. The number of carboxylic acid groups (broad SMARTS) is 1. The van der Waals surface area contributed by atoms with Crippen LogP contribution in [0.1, 0.15) is 32.1 Å². The van der Waals surface area contributed by atoms with Gasteiger partial charge in [0.1, 0.15) is 0 Å². The van der Waals surface area contributed by atoms with Crippen LogP contribution in [0.15, 0.2) is 0 Å². The highest BCUT2D eigenvalue weighted by Gasteiger charge is 2.41. The summed E-state index contributed by atoms with van der Waals surface area (Å²) in [6, 6.07) is 0. The molecule has 2 aliphatic heterocycles. The van der Waals surface area contributed by atoms with Crippen molar-refractivity contribution in [1.82, 2.24) is 4.90 Å². The smallest absolute Gasteiger partial charge is 0.311 e. The number of ether oxygens (including phenoxy) is 1. The minimum Gasteiger partial charge on any atom is -0.481 e. The predicted octanol–water partition coefficient (Wildman–Crippen LogP) is 1.35. The Labute approximate surface area is 96.6 Å². The van der Waals surface area contributed by atoms with Gasteiger partial charge in [0.2, 0.25) is 0 Å². The maximum absolute atomic E-state index is 11.5. The minimum absolute atomic E-state index is 0.546. The fourth-order valence-electron chi connectivity index (χ4n) is 2.75. The van der Waals surface area contributed by atoms with E-state index in [0.29, 0.717) is 32.6 Å². The SMILES string of the molecule is O=C(O)C1(CN2CCCCC2)CCOCC1. The zero-order chi connectivity index (χ0) is 11.4. The molecule has 4 heteroatoms. The largest absolute Gasteiger partial charge is 0.481 e. The van der Waals surface area contributed by atoms with Crippen molar-refractivity contribution < 1.29 is 14.6 Å². The zero-order valence-corrected chi connectivity index (χ0v) is 9.78. The lowest BCUT2D eigenvalue weighted by atomic mass is 9.79. The number of nitrogens with zero attached hydrogens (tertiary/aromatic N) is 1. The summed E-state index contributed by atoms with van der Waals surface area (Å²) in [4.78, 5) is 13.8. The molecule has 0 spiro atoms. The molecule has 2 aliphatic rings. The van der Waals surface area contributed by atoms with Gasteiger partial charge in [0.25, 0.3) is 0 Å². The molecule has 0 saturated carbocycles. The lowest BCUT2D eigenvalue weighted by molar-refractivity contribution is -0.156. The van der Waals surface area contributed by atoms with Gasteiger partial charge in [-0.05, 0) is 38.8 Å². The fraction of sp³-hybridized carbons (Fsp3) is 0.917. The molecule has 92 valence electrons. The number of hydrogen-bond donors (Lipinski definition) is 1. The minimum atomic E-state index is -0.638. The number of piperidine rings is 1. The van der Waals surface area contributed by atoms with E-state index in [1.54, 1.807) is 0 Å². The molecule has 0 amide bonds. The van der Waals surface area contributed by atoms with Gasteiger partial charge in [0.05, 0.1) is 5.41 Å². The molecule has 2 fully saturated rings. The van der Waals surface area contributed by atoms with E-state index in [1.807, 2.05) is 0 Å². The van der Waals surface area contributed by atoms with Gasteiger partial charge >= 0.3 is 5.97 Å². The van der Waals surface area contributed by atoms with E-state index in [0.717, 1.165) is 13.1 Å². The van der Waals surface area contributed by atoms with Crippen LogP contribution >= 0.6 is 0 Å². The Hall–Kier alpha value is -0.610. The Morgan fingerprint density at radius 3 is 2.38 bits per heavy atom. The summed E-state index contributed by atoms with van der Waals surface area (Å²) < 4.78 is 5.28. The van der Waals surface area contributed by atoms with Crippen LogP contribution in [-0.2, 0) is 9.53 Å². The molecule has 2 heterocycles. The van der Waals surface area contributed by atoms with Gasteiger partial charge in [0, 0.05) is 19.8 Å². The molecule has 1 N–H and O–H groups in total. The van der Waals surface area contributed by atoms with Crippen molar-refractivity contribution in [2.24, 2.45) is 5.41 Å². The summed E-state index contributed by atoms with van der Waals surface area (Å²) in [5, 5.41) is 9.44.